The van der Waals surface area contributed by atoms with Crippen LogP contribution in [0.4, 0.5) is 0 Å². The average Bonchev–Trinajstić information content (AvgIpc) is 2.03. The van der Waals surface area contributed by atoms with Crippen LogP contribution >= 0.6 is 0 Å². The van der Waals surface area contributed by atoms with Crippen LogP contribution in [-0.4, -0.2) is 5.26 Å². The highest BCUT2D eigenvalue weighted by Crippen LogP contribution is 2.29. The van der Waals surface area contributed by atoms with Gasteiger partial charge in [-0.2, -0.15) is 0 Å². The second-order valence-corrected chi connectivity index (χ2v) is 3.67. The quantitative estimate of drug-likeness (QED) is 0.507. The van der Waals surface area contributed by atoms with Crippen LogP contribution in [0.5, 0.6) is 0 Å². The van der Waals surface area contributed by atoms with E-state index in [9.17, 15) is 0 Å². The molecule has 0 aromatic heterocycles. The van der Waals surface area contributed by atoms with Gasteiger partial charge in [0.1, 0.15) is 5.76 Å². The molecule has 1 unspecified atom stereocenters. The molecule has 1 aliphatic rings. The van der Waals surface area contributed by atoms with Gasteiger partial charge in [0.05, 0.1) is 0 Å². The van der Waals surface area contributed by atoms with Crippen molar-refractivity contribution in [2.75, 3.05) is 0 Å². The molecule has 2 heteroatoms. The zero-order valence-electron chi connectivity index (χ0n) is 7.87. The van der Waals surface area contributed by atoms with E-state index >= 15 is 0 Å². The Balaban J connectivity index is 2.77. The van der Waals surface area contributed by atoms with Crippen molar-refractivity contribution in [3.05, 3.63) is 23.5 Å². The first kappa shape index (κ1) is 9.33. The molecule has 0 radical (unpaired) electrons. The van der Waals surface area contributed by atoms with Crippen LogP contribution in [-0.2, 0) is 4.89 Å². The SMILES string of the molecule is CC1=CCC(C(C)C)C(OO)=C1. The fourth-order valence-electron chi connectivity index (χ4n) is 1.51. The Morgan fingerprint density at radius 1 is 1.58 bits per heavy atom. The van der Waals surface area contributed by atoms with E-state index in [2.05, 4.69) is 24.8 Å². The summed E-state index contributed by atoms with van der Waals surface area (Å²) >= 11 is 0. The molecule has 0 fully saturated rings. The van der Waals surface area contributed by atoms with Gasteiger partial charge in [0.15, 0.2) is 0 Å². The lowest BCUT2D eigenvalue weighted by Gasteiger charge is -2.23. The minimum Gasteiger partial charge on any atom is -0.344 e. The Kier molecular flexibility index (Phi) is 2.93. The van der Waals surface area contributed by atoms with Gasteiger partial charge in [-0.15, -0.1) is 0 Å². The molecule has 0 aromatic carbocycles. The van der Waals surface area contributed by atoms with Crippen molar-refractivity contribution in [2.24, 2.45) is 11.8 Å². The number of rotatable bonds is 2. The Labute approximate surface area is 73.5 Å². The average molecular weight is 168 g/mol. The summed E-state index contributed by atoms with van der Waals surface area (Å²) in [6.45, 7) is 6.27. The second-order valence-electron chi connectivity index (χ2n) is 3.67. The standard InChI is InChI=1S/C10H16O2/c1-7(2)9-5-4-8(3)6-10(9)12-11/h4,6-7,9,11H,5H2,1-3H3. The smallest absolute Gasteiger partial charge is 0.146 e. The molecule has 0 heterocycles. The van der Waals surface area contributed by atoms with Gasteiger partial charge in [-0.05, 0) is 25.3 Å². The van der Waals surface area contributed by atoms with Crippen molar-refractivity contribution < 1.29 is 10.1 Å². The third-order valence-corrected chi connectivity index (χ3v) is 2.34. The van der Waals surface area contributed by atoms with E-state index in [1.54, 1.807) is 0 Å². The van der Waals surface area contributed by atoms with Crippen molar-refractivity contribution >= 4 is 0 Å². The largest absolute Gasteiger partial charge is 0.344 e. The summed E-state index contributed by atoms with van der Waals surface area (Å²) in [5.41, 5.74) is 1.16. The zero-order chi connectivity index (χ0) is 9.14. The third-order valence-electron chi connectivity index (χ3n) is 2.34. The van der Waals surface area contributed by atoms with Crippen molar-refractivity contribution in [3.8, 4) is 0 Å². The molecule has 68 valence electrons. The maximum atomic E-state index is 8.63. The molecule has 1 rings (SSSR count). The molecule has 1 atom stereocenters. The van der Waals surface area contributed by atoms with Crippen LogP contribution < -0.4 is 0 Å². The molecule has 2 nitrogen and oxygen atoms in total. The first-order valence-electron chi connectivity index (χ1n) is 4.35. The molecule has 1 N–H and O–H groups in total. The van der Waals surface area contributed by atoms with Crippen molar-refractivity contribution in [3.63, 3.8) is 0 Å². The Bertz CT molecular complexity index is 214. The highest BCUT2D eigenvalue weighted by molar-refractivity contribution is 5.25. The molecule has 12 heavy (non-hydrogen) atoms. The maximum absolute atomic E-state index is 8.63. The summed E-state index contributed by atoms with van der Waals surface area (Å²) < 4.78 is 0. The lowest BCUT2D eigenvalue weighted by atomic mass is 9.86. The van der Waals surface area contributed by atoms with Gasteiger partial charge >= 0.3 is 0 Å². The van der Waals surface area contributed by atoms with Crippen LogP contribution in [0.1, 0.15) is 27.2 Å². The lowest BCUT2D eigenvalue weighted by molar-refractivity contribution is -0.213. The Morgan fingerprint density at radius 2 is 2.25 bits per heavy atom. The molecule has 0 amide bonds. The zero-order valence-corrected chi connectivity index (χ0v) is 7.87. The molecular weight excluding hydrogens is 152 g/mol. The number of hydrogen-bond donors (Lipinski definition) is 1. The summed E-state index contributed by atoms with van der Waals surface area (Å²) in [5.74, 6) is 1.54. The fraction of sp³-hybridized carbons (Fsp3) is 0.600. The predicted octanol–water partition coefficient (Wildman–Crippen LogP) is 2.98. The summed E-state index contributed by atoms with van der Waals surface area (Å²) in [7, 11) is 0. The Morgan fingerprint density at radius 3 is 2.75 bits per heavy atom. The monoisotopic (exact) mass is 168 g/mol. The highest BCUT2D eigenvalue weighted by Gasteiger charge is 2.21. The van der Waals surface area contributed by atoms with E-state index in [-0.39, 0.29) is 0 Å². The summed E-state index contributed by atoms with van der Waals surface area (Å²) in [6, 6.07) is 0. The molecule has 0 aromatic rings. The molecule has 0 bridgehead atoms. The molecular formula is C10H16O2. The van der Waals surface area contributed by atoms with E-state index in [4.69, 9.17) is 5.26 Å². The first-order valence-corrected chi connectivity index (χ1v) is 4.35. The molecule has 0 spiro atoms. The van der Waals surface area contributed by atoms with E-state index in [0.29, 0.717) is 17.6 Å². The third kappa shape index (κ3) is 1.89. The second kappa shape index (κ2) is 3.76. The van der Waals surface area contributed by atoms with Crippen LogP contribution in [0.3, 0.4) is 0 Å². The highest BCUT2D eigenvalue weighted by atomic mass is 17.1. The van der Waals surface area contributed by atoms with Crippen LogP contribution in [0.2, 0.25) is 0 Å². The number of allylic oxidation sites excluding steroid dienone is 4. The topological polar surface area (TPSA) is 29.5 Å². The van der Waals surface area contributed by atoms with Crippen LogP contribution in [0.25, 0.3) is 0 Å². The predicted molar refractivity (Wildman–Crippen MR) is 48.5 cm³/mol. The van der Waals surface area contributed by atoms with Gasteiger partial charge in [0.25, 0.3) is 0 Å². The molecule has 0 saturated heterocycles. The maximum Gasteiger partial charge on any atom is 0.146 e. The van der Waals surface area contributed by atoms with Crippen molar-refractivity contribution in [1.82, 2.24) is 0 Å². The van der Waals surface area contributed by atoms with E-state index < -0.39 is 0 Å². The lowest BCUT2D eigenvalue weighted by Crippen LogP contribution is -2.15. The molecule has 0 aliphatic heterocycles. The van der Waals surface area contributed by atoms with Crippen LogP contribution in [0, 0.1) is 11.8 Å². The summed E-state index contributed by atoms with van der Waals surface area (Å²) in [6.07, 6.45) is 5.04. The molecule has 0 saturated carbocycles. The van der Waals surface area contributed by atoms with Crippen molar-refractivity contribution in [1.29, 1.82) is 0 Å². The fourth-order valence-corrected chi connectivity index (χ4v) is 1.51. The molecule has 1 aliphatic carbocycles. The summed E-state index contributed by atoms with van der Waals surface area (Å²) in [5, 5.41) is 8.63. The van der Waals surface area contributed by atoms with Gasteiger partial charge < -0.3 is 4.89 Å². The van der Waals surface area contributed by atoms with Crippen LogP contribution in [0.15, 0.2) is 23.5 Å². The van der Waals surface area contributed by atoms with E-state index in [1.807, 2.05) is 13.0 Å². The first-order chi connectivity index (χ1) is 5.65. The van der Waals surface area contributed by atoms with Gasteiger partial charge in [-0.3, -0.25) is 0 Å². The van der Waals surface area contributed by atoms with Gasteiger partial charge in [0.2, 0.25) is 0 Å². The minimum absolute atomic E-state index is 0.332. The van der Waals surface area contributed by atoms with Gasteiger partial charge in [0, 0.05) is 5.92 Å². The minimum atomic E-state index is 0.332. The van der Waals surface area contributed by atoms with E-state index in [1.165, 1.54) is 0 Å². The van der Waals surface area contributed by atoms with Crippen molar-refractivity contribution in [2.45, 2.75) is 27.2 Å². The van der Waals surface area contributed by atoms with E-state index in [0.717, 1.165) is 12.0 Å². The summed E-state index contributed by atoms with van der Waals surface area (Å²) in [4.78, 5) is 4.36. The normalized spacial score (nSPS) is 23.6. The Hall–Kier alpha value is -0.760. The van der Waals surface area contributed by atoms with Gasteiger partial charge in [-0.25, -0.2) is 5.26 Å². The number of hydrogen-bond acceptors (Lipinski definition) is 2. The van der Waals surface area contributed by atoms with Gasteiger partial charge in [-0.1, -0.05) is 25.5 Å².